The molecule has 2 rings (SSSR count). The molecule has 0 atom stereocenters. The molecule has 0 aromatic heterocycles. The summed E-state index contributed by atoms with van der Waals surface area (Å²) < 4.78 is 5.65. The van der Waals surface area contributed by atoms with Crippen LogP contribution in [0.15, 0.2) is 48.5 Å². The van der Waals surface area contributed by atoms with Crippen molar-refractivity contribution in [2.24, 2.45) is 5.73 Å². The second-order valence-electron chi connectivity index (χ2n) is 3.75. The molecular weight excluding hydrogens is 214 g/mol. The summed E-state index contributed by atoms with van der Waals surface area (Å²) >= 11 is 0. The van der Waals surface area contributed by atoms with E-state index >= 15 is 0 Å². The molecule has 0 amide bonds. The first-order valence-electron chi connectivity index (χ1n) is 5.48. The largest absolute Gasteiger partial charge is 0.457 e. The summed E-state index contributed by atoms with van der Waals surface area (Å²) in [5.41, 5.74) is 7.47. The molecule has 0 saturated heterocycles. The van der Waals surface area contributed by atoms with Crippen LogP contribution in [0, 0.1) is 0 Å². The highest BCUT2D eigenvalue weighted by Gasteiger charge is 1.97. The van der Waals surface area contributed by atoms with E-state index in [1.807, 2.05) is 48.5 Å². The molecule has 0 saturated carbocycles. The molecule has 17 heavy (non-hydrogen) atoms. The van der Waals surface area contributed by atoms with Crippen LogP contribution in [0.2, 0.25) is 0 Å². The second-order valence-corrected chi connectivity index (χ2v) is 3.75. The summed E-state index contributed by atoms with van der Waals surface area (Å²) in [4.78, 5) is 0. The molecule has 0 spiro atoms. The minimum atomic E-state index is 0.0471. The topological polar surface area (TPSA) is 55.5 Å². The maximum atomic E-state index is 8.92. The lowest BCUT2D eigenvalue weighted by atomic mass is 10.2. The Morgan fingerprint density at radius 1 is 0.824 bits per heavy atom. The van der Waals surface area contributed by atoms with Gasteiger partial charge in [-0.05, 0) is 35.4 Å². The van der Waals surface area contributed by atoms with Crippen molar-refractivity contribution in [3.63, 3.8) is 0 Å². The molecule has 3 nitrogen and oxygen atoms in total. The molecule has 0 bridgehead atoms. The van der Waals surface area contributed by atoms with Crippen molar-refractivity contribution in [3.05, 3.63) is 59.7 Å². The van der Waals surface area contributed by atoms with Gasteiger partial charge in [0.1, 0.15) is 11.5 Å². The van der Waals surface area contributed by atoms with Crippen LogP contribution in [-0.4, -0.2) is 5.11 Å². The summed E-state index contributed by atoms with van der Waals surface area (Å²) in [6.07, 6.45) is 0. The number of rotatable bonds is 4. The van der Waals surface area contributed by atoms with Gasteiger partial charge in [-0.2, -0.15) is 0 Å². The fourth-order valence-electron chi connectivity index (χ4n) is 1.49. The summed E-state index contributed by atoms with van der Waals surface area (Å²) in [7, 11) is 0. The Hall–Kier alpha value is -1.84. The Bertz CT molecular complexity index is 417. The van der Waals surface area contributed by atoms with Crippen molar-refractivity contribution < 1.29 is 9.84 Å². The molecule has 0 radical (unpaired) electrons. The van der Waals surface area contributed by atoms with Crippen molar-refractivity contribution in [2.45, 2.75) is 13.2 Å². The third kappa shape index (κ3) is 3.06. The van der Waals surface area contributed by atoms with Gasteiger partial charge in [0.05, 0.1) is 6.61 Å². The van der Waals surface area contributed by atoms with Crippen molar-refractivity contribution in [1.82, 2.24) is 0 Å². The molecular formula is C14H15NO2. The van der Waals surface area contributed by atoms with Gasteiger partial charge in [-0.3, -0.25) is 0 Å². The van der Waals surface area contributed by atoms with Crippen molar-refractivity contribution in [3.8, 4) is 11.5 Å². The van der Waals surface area contributed by atoms with Gasteiger partial charge in [-0.25, -0.2) is 0 Å². The predicted molar refractivity (Wildman–Crippen MR) is 66.8 cm³/mol. The van der Waals surface area contributed by atoms with E-state index in [-0.39, 0.29) is 6.61 Å². The van der Waals surface area contributed by atoms with Crippen LogP contribution >= 0.6 is 0 Å². The maximum Gasteiger partial charge on any atom is 0.127 e. The third-order valence-corrected chi connectivity index (χ3v) is 2.50. The molecule has 0 fully saturated rings. The SMILES string of the molecule is NCc1ccc(Oc2ccc(CO)cc2)cc1. The molecule has 0 aliphatic carbocycles. The minimum absolute atomic E-state index is 0.0471. The van der Waals surface area contributed by atoms with Crippen LogP contribution in [0.1, 0.15) is 11.1 Å². The van der Waals surface area contributed by atoms with Crippen LogP contribution in [0.4, 0.5) is 0 Å². The Labute approximate surface area is 100 Å². The Morgan fingerprint density at radius 3 is 1.71 bits per heavy atom. The lowest BCUT2D eigenvalue weighted by molar-refractivity contribution is 0.281. The molecule has 2 aromatic rings. The Balaban J connectivity index is 2.08. The number of ether oxygens (including phenoxy) is 1. The zero-order chi connectivity index (χ0) is 12.1. The molecule has 0 aliphatic heterocycles. The molecule has 0 unspecified atom stereocenters. The number of benzene rings is 2. The summed E-state index contributed by atoms with van der Waals surface area (Å²) in [5, 5.41) is 8.92. The van der Waals surface area contributed by atoms with Crippen LogP contribution in [0.25, 0.3) is 0 Å². The highest BCUT2D eigenvalue weighted by Crippen LogP contribution is 2.21. The van der Waals surface area contributed by atoms with E-state index in [0.717, 1.165) is 22.6 Å². The zero-order valence-electron chi connectivity index (χ0n) is 9.47. The molecule has 3 heteroatoms. The maximum absolute atomic E-state index is 8.92. The van der Waals surface area contributed by atoms with Gasteiger partial charge in [-0.15, -0.1) is 0 Å². The van der Waals surface area contributed by atoms with Crippen LogP contribution in [-0.2, 0) is 13.2 Å². The van der Waals surface area contributed by atoms with Crippen molar-refractivity contribution in [1.29, 1.82) is 0 Å². The van der Waals surface area contributed by atoms with E-state index in [1.165, 1.54) is 0 Å². The third-order valence-electron chi connectivity index (χ3n) is 2.50. The first-order valence-corrected chi connectivity index (χ1v) is 5.48. The number of aliphatic hydroxyl groups excluding tert-OH is 1. The first kappa shape index (κ1) is 11.6. The minimum Gasteiger partial charge on any atom is -0.457 e. The molecule has 88 valence electrons. The van der Waals surface area contributed by atoms with Crippen LogP contribution in [0.5, 0.6) is 11.5 Å². The fraction of sp³-hybridized carbons (Fsp3) is 0.143. The van der Waals surface area contributed by atoms with Gasteiger partial charge in [0.2, 0.25) is 0 Å². The van der Waals surface area contributed by atoms with E-state index in [2.05, 4.69) is 0 Å². The highest BCUT2D eigenvalue weighted by atomic mass is 16.5. The van der Waals surface area contributed by atoms with Crippen LogP contribution in [0.3, 0.4) is 0 Å². The van der Waals surface area contributed by atoms with E-state index < -0.39 is 0 Å². The number of aliphatic hydroxyl groups is 1. The molecule has 0 aliphatic rings. The van der Waals surface area contributed by atoms with Crippen molar-refractivity contribution >= 4 is 0 Å². The predicted octanol–water partition coefficient (Wildman–Crippen LogP) is 2.43. The number of hydrogen-bond donors (Lipinski definition) is 2. The zero-order valence-corrected chi connectivity index (χ0v) is 9.47. The van der Waals surface area contributed by atoms with Gasteiger partial charge < -0.3 is 15.6 Å². The van der Waals surface area contributed by atoms with E-state index in [1.54, 1.807) is 0 Å². The average Bonchev–Trinajstić information content (AvgIpc) is 2.40. The number of hydrogen-bond acceptors (Lipinski definition) is 3. The van der Waals surface area contributed by atoms with Gasteiger partial charge in [0.15, 0.2) is 0 Å². The normalized spacial score (nSPS) is 10.2. The summed E-state index contributed by atoms with van der Waals surface area (Å²) in [6.45, 7) is 0.580. The van der Waals surface area contributed by atoms with Gasteiger partial charge in [0, 0.05) is 6.54 Å². The summed E-state index contributed by atoms with van der Waals surface area (Å²) in [6, 6.07) is 15.0. The highest BCUT2D eigenvalue weighted by molar-refractivity contribution is 5.34. The Kier molecular flexibility index (Phi) is 3.75. The van der Waals surface area contributed by atoms with Crippen molar-refractivity contribution in [2.75, 3.05) is 0 Å². The van der Waals surface area contributed by atoms with E-state index in [9.17, 15) is 0 Å². The van der Waals surface area contributed by atoms with Gasteiger partial charge in [0.25, 0.3) is 0 Å². The fourth-order valence-corrected chi connectivity index (χ4v) is 1.49. The number of nitrogens with two attached hydrogens (primary N) is 1. The standard InChI is InChI=1S/C14H15NO2/c15-9-11-1-5-13(6-2-11)17-14-7-3-12(10-16)4-8-14/h1-8,16H,9-10,15H2. The second kappa shape index (κ2) is 5.48. The van der Waals surface area contributed by atoms with Gasteiger partial charge >= 0.3 is 0 Å². The molecule has 3 N–H and O–H groups in total. The summed E-state index contributed by atoms with van der Waals surface area (Å²) in [5.74, 6) is 1.53. The molecule has 2 aromatic carbocycles. The Morgan fingerprint density at radius 2 is 1.29 bits per heavy atom. The monoisotopic (exact) mass is 229 g/mol. The average molecular weight is 229 g/mol. The lowest BCUT2D eigenvalue weighted by Crippen LogP contribution is -1.95. The molecule has 0 heterocycles. The van der Waals surface area contributed by atoms with E-state index in [4.69, 9.17) is 15.6 Å². The van der Waals surface area contributed by atoms with E-state index in [0.29, 0.717) is 6.54 Å². The smallest absolute Gasteiger partial charge is 0.127 e. The van der Waals surface area contributed by atoms with Gasteiger partial charge in [-0.1, -0.05) is 24.3 Å². The quantitative estimate of drug-likeness (QED) is 0.846. The first-order chi connectivity index (χ1) is 8.31. The van der Waals surface area contributed by atoms with Crippen LogP contribution < -0.4 is 10.5 Å². The lowest BCUT2D eigenvalue weighted by Gasteiger charge is -2.06.